The number of hydrogen-bond donors (Lipinski definition) is 1. The molecule has 0 aliphatic carbocycles. The van der Waals surface area contributed by atoms with Crippen molar-refractivity contribution in [2.75, 3.05) is 16.8 Å². The largest absolute Gasteiger partial charge is 0.326 e. The van der Waals surface area contributed by atoms with Gasteiger partial charge < -0.3 is 10.2 Å². The highest BCUT2D eigenvalue weighted by atomic mass is 16.2. The molecule has 1 heterocycles. The molecule has 0 aromatic heterocycles. The topological polar surface area (TPSA) is 49.4 Å². The van der Waals surface area contributed by atoms with Gasteiger partial charge in [0.1, 0.15) is 0 Å². The fraction of sp³-hybridized carbons (Fsp3) is 0.375. The number of nitrogens with zero attached hydrogens (tertiary/aromatic N) is 1. The molecule has 1 fully saturated rings. The van der Waals surface area contributed by atoms with Crippen LogP contribution in [0.3, 0.4) is 0 Å². The van der Waals surface area contributed by atoms with Gasteiger partial charge in [0.2, 0.25) is 11.8 Å². The summed E-state index contributed by atoms with van der Waals surface area (Å²) in [5.41, 5.74) is 1.54. The van der Waals surface area contributed by atoms with Crippen LogP contribution >= 0.6 is 0 Å². The quantitative estimate of drug-likeness (QED) is 0.857. The first-order chi connectivity index (χ1) is 9.51. The van der Waals surface area contributed by atoms with Crippen LogP contribution in [0.1, 0.15) is 20.3 Å². The summed E-state index contributed by atoms with van der Waals surface area (Å²) >= 11 is 0. The molecule has 1 aromatic carbocycles. The number of carbonyl (C=O) groups excluding carboxylic acids is 2. The average Bonchev–Trinajstić information content (AvgIpc) is 2.80. The molecular formula is C16H20N2O2. The predicted molar refractivity (Wildman–Crippen MR) is 80.6 cm³/mol. The van der Waals surface area contributed by atoms with Gasteiger partial charge in [-0.05, 0) is 18.2 Å². The molecule has 0 spiro atoms. The fourth-order valence-corrected chi connectivity index (χ4v) is 2.18. The summed E-state index contributed by atoms with van der Waals surface area (Å²) in [5.74, 6) is 0.203. The van der Waals surface area contributed by atoms with E-state index in [0.717, 1.165) is 11.4 Å². The Balaban J connectivity index is 2.16. The predicted octanol–water partition coefficient (Wildman–Crippen LogP) is 2.82. The second kappa shape index (κ2) is 5.90. The van der Waals surface area contributed by atoms with Crippen LogP contribution in [0.15, 0.2) is 36.9 Å². The Kier molecular flexibility index (Phi) is 4.23. The highest BCUT2D eigenvalue weighted by Crippen LogP contribution is 2.27. The molecule has 0 radical (unpaired) electrons. The third kappa shape index (κ3) is 3.07. The minimum Gasteiger partial charge on any atom is -0.326 e. The Bertz CT molecular complexity index is 537. The van der Waals surface area contributed by atoms with Crippen LogP contribution in [0, 0.1) is 11.8 Å². The molecule has 0 saturated carbocycles. The molecular weight excluding hydrogens is 252 g/mol. The molecule has 1 N–H and O–H groups in total. The van der Waals surface area contributed by atoms with E-state index >= 15 is 0 Å². The molecule has 20 heavy (non-hydrogen) atoms. The molecule has 1 saturated heterocycles. The van der Waals surface area contributed by atoms with Crippen molar-refractivity contribution < 1.29 is 9.59 Å². The minimum atomic E-state index is -0.0720. The van der Waals surface area contributed by atoms with Crippen molar-refractivity contribution in [3.63, 3.8) is 0 Å². The smallest absolute Gasteiger partial charge is 0.227 e. The highest BCUT2D eigenvalue weighted by molar-refractivity contribution is 5.97. The zero-order chi connectivity index (χ0) is 14.7. The van der Waals surface area contributed by atoms with Gasteiger partial charge in [-0.25, -0.2) is 0 Å². The monoisotopic (exact) mass is 272 g/mol. The Morgan fingerprint density at radius 1 is 1.50 bits per heavy atom. The number of benzene rings is 1. The van der Waals surface area contributed by atoms with Gasteiger partial charge in [0.25, 0.3) is 0 Å². The summed E-state index contributed by atoms with van der Waals surface area (Å²) in [7, 11) is 0. The minimum absolute atomic E-state index is 0.0288. The number of amides is 2. The second-order valence-electron chi connectivity index (χ2n) is 5.40. The molecule has 106 valence electrons. The Hall–Kier alpha value is -2.10. The maximum absolute atomic E-state index is 12.0. The summed E-state index contributed by atoms with van der Waals surface area (Å²) in [6, 6.07) is 7.40. The van der Waals surface area contributed by atoms with Crippen molar-refractivity contribution >= 4 is 23.2 Å². The second-order valence-corrected chi connectivity index (χ2v) is 5.40. The van der Waals surface area contributed by atoms with E-state index in [9.17, 15) is 9.59 Å². The molecule has 1 unspecified atom stereocenters. The third-order valence-corrected chi connectivity index (χ3v) is 3.44. The van der Waals surface area contributed by atoms with E-state index in [0.29, 0.717) is 13.0 Å². The van der Waals surface area contributed by atoms with Crippen LogP contribution in [0.4, 0.5) is 11.4 Å². The lowest BCUT2D eigenvalue weighted by atomic mass is 10.1. The van der Waals surface area contributed by atoms with Gasteiger partial charge in [0.15, 0.2) is 0 Å². The Labute approximate surface area is 119 Å². The fourth-order valence-electron chi connectivity index (χ4n) is 2.18. The first kappa shape index (κ1) is 14.3. The van der Waals surface area contributed by atoms with Crippen molar-refractivity contribution in [1.29, 1.82) is 0 Å². The van der Waals surface area contributed by atoms with E-state index < -0.39 is 0 Å². The summed E-state index contributed by atoms with van der Waals surface area (Å²) in [6.07, 6.45) is 2.33. The molecule has 2 rings (SSSR count). The first-order valence-corrected chi connectivity index (χ1v) is 6.85. The van der Waals surface area contributed by atoms with Crippen LogP contribution in [0.5, 0.6) is 0 Å². The normalized spacial score (nSPS) is 18.4. The van der Waals surface area contributed by atoms with Gasteiger partial charge in [-0.1, -0.05) is 26.0 Å². The number of hydrogen-bond acceptors (Lipinski definition) is 2. The van der Waals surface area contributed by atoms with E-state index in [4.69, 9.17) is 0 Å². The van der Waals surface area contributed by atoms with Gasteiger partial charge in [-0.2, -0.15) is 0 Å². The molecule has 4 heteroatoms. The molecule has 0 bridgehead atoms. The standard InChI is InChI=1S/C16H20N2O2/c1-4-12-8-15(19)18(10-12)14-7-5-6-13(9-14)17-16(20)11(2)3/h4-7,9,11-12H,1,8,10H2,2-3H3,(H,17,20). The lowest BCUT2D eigenvalue weighted by Crippen LogP contribution is -2.24. The van der Waals surface area contributed by atoms with Gasteiger partial charge in [-0.3, -0.25) is 9.59 Å². The molecule has 2 amide bonds. The zero-order valence-corrected chi connectivity index (χ0v) is 11.9. The summed E-state index contributed by atoms with van der Waals surface area (Å²) in [4.78, 5) is 25.4. The Morgan fingerprint density at radius 2 is 2.25 bits per heavy atom. The summed E-state index contributed by atoms with van der Waals surface area (Å²) in [6.45, 7) is 8.09. The first-order valence-electron chi connectivity index (χ1n) is 6.85. The molecule has 4 nitrogen and oxygen atoms in total. The highest BCUT2D eigenvalue weighted by Gasteiger charge is 2.28. The van der Waals surface area contributed by atoms with Gasteiger partial charge in [-0.15, -0.1) is 6.58 Å². The summed E-state index contributed by atoms with van der Waals surface area (Å²) in [5, 5.41) is 2.85. The molecule has 1 aliphatic heterocycles. The number of nitrogens with one attached hydrogen (secondary N) is 1. The van der Waals surface area contributed by atoms with Crippen molar-refractivity contribution in [2.24, 2.45) is 11.8 Å². The number of anilines is 2. The Morgan fingerprint density at radius 3 is 2.85 bits per heavy atom. The van der Waals surface area contributed by atoms with Gasteiger partial charge in [0, 0.05) is 36.2 Å². The third-order valence-electron chi connectivity index (χ3n) is 3.44. The van der Waals surface area contributed by atoms with Crippen LogP contribution in [0.25, 0.3) is 0 Å². The summed E-state index contributed by atoms with van der Waals surface area (Å²) < 4.78 is 0. The maximum atomic E-state index is 12.0. The van der Waals surface area contributed by atoms with E-state index in [2.05, 4.69) is 11.9 Å². The number of carbonyl (C=O) groups is 2. The van der Waals surface area contributed by atoms with E-state index in [1.54, 1.807) is 4.90 Å². The van der Waals surface area contributed by atoms with Crippen molar-refractivity contribution in [3.05, 3.63) is 36.9 Å². The molecule has 1 aromatic rings. The van der Waals surface area contributed by atoms with E-state index in [1.807, 2.05) is 44.2 Å². The SMILES string of the molecule is C=CC1CC(=O)N(c2cccc(NC(=O)C(C)C)c2)C1. The van der Waals surface area contributed by atoms with Crippen molar-refractivity contribution in [3.8, 4) is 0 Å². The number of rotatable bonds is 4. The van der Waals surface area contributed by atoms with E-state index in [1.165, 1.54) is 0 Å². The van der Waals surface area contributed by atoms with Crippen LogP contribution in [0.2, 0.25) is 0 Å². The van der Waals surface area contributed by atoms with Crippen LogP contribution < -0.4 is 10.2 Å². The van der Waals surface area contributed by atoms with Gasteiger partial charge in [0.05, 0.1) is 0 Å². The average molecular weight is 272 g/mol. The molecule has 1 aliphatic rings. The van der Waals surface area contributed by atoms with Crippen LogP contribution in [-0.2, 0) is 9.59 Å². The van der Waals surface area contributed by atoms with Crippen molar-refractivity contribution in [2.45, 2.75) is 20.3 Å². The van der Waals surface area contributed by atoms with Crippen LogP contribution in [-0.4, -0.2) is 18.4 Å². The van der Waals surface area contributed by atoms with E-state index in [-0.39, 0.29) is 23.7 Å². The molecule has 1 atom stereocenters. The zero-order valence-electron chi connectivity index (χ0n) is 11.9. The lowest BCUT2D eigenvalue weighted by molar-refractivity contribution is -0.119. The lowest BCUT2D eigenvalue weighted by Gasteiger charge is -2.17. The van der Waals surface area contributed by atoms with Gasteiger partial charge >= 0.3 is 0 Å². The maximum Gasteiger partial charge on any atom is 0.227 e. The van der Waals surface area contributed by atoms with Crippen molar-refractivity contribution in [1.82, 2.24) is 0 Å².